The number of aromatic nitrogens is 1. The van der Waals surface area contributed by atoms with E-state index in [2.05, 4.69) is 39.6 Å². The first kappa shape index (κ1) is 26.2. The van der Waals surface area contributed by atoms with Gasteiger partial charge >= 0.3 is 5.97 Å². The van der Waals surface area contributed by atoms with Crippen molar-refractivity contribution >= 4 is 23.2 Å². The first-order valence-electron chi connectivity index (χ1n) is 12.0. The van der Waals surface area contributed by atoms with Crippen molar-refractivity contribution in [2.24, 2.45) is 17.8 Å². The lowest BCUT2D eigenvalue weighted by Gasteiger charge is -2.39. The highest BCUT2D eigenvalue weighted by Crippen LogP contribution is 2.53. The summed E-state index contributed by atoms with van der Waals surface area (Å²) in [7, 11) is 1.60. The first-order chi connectivity index (χ1) is 15.8. The van der Waals surface area contributed by atoms with Crippen LogP contribution in [0.4, 0.5) is 0 Å². The highest BCUT2D eigenvalue weighted by atomic mass is 32.1. The minimum atomic E-state index is -1.30. The second kappa shape index (κ2) is 9.68. The number of carboxylic acid groups (broad SMARTS) is 1. The number of hydrogen-bond donors (Lipinski definition) is 1. The van der Waals surface area contributed by atoms with Gasteiger partial charge in [-0.25, -0.2) is 9.78 Å². The molecule has 1 N–H and O–H groups in total. The molecular formula is C27H38N2O4S. The van der Waals surface area contributed by atoms with Crippen LogP contribution in [0.25, 0.3) is 0 Å². The average molecular weight is 487 g/mol. The van der Waals surface area contributed by atoms with Gasteiger partial charge in [-0.3, -0.25) is 4.79 Å². The summed E-state index contributed by atoms with van der Waals surface area (Å²) in [6.45, 7) is 14.5. The minimum absolute atomic E-state index is 0.0132. The zero-order chi connectivity index (χ0) is 25.4. The molecule has 1 aromatic heterocycles. The van der Waals surface area contributed by atoms with Gasteiger partial charge in [-0.2, -0.15) is 0 Å². The summed E-state index contributed by atoms with van der Waals surface area (Å²) in [5, 5.41) is 13.3. The van der Waals surface area contributed by atoms with Gasteiger partial charge in [0.25, 0.3) is 5.91 Å². The van der Waals surface area contributed by atoms with E-state index in [1.165, 1.54) is 11.3 Å². The Kier molecular flexibility index (Phi) is 7.46. The number of methoxy groups -OCH3 is 1. The number of aliphatic carboxylic acids is 1. The molecule has 0 bridgehead atoms. The van der Waals surface area contributed by atoms with Crippen molar-refractivity contribution in [1.29, 1.82) is 0 Å². The summed E-state index contributed by atoms with van der Waals surface area (Å²) in [5.41, 5.74) is -0.0249. The maximum Gasteiger partial charge on any atom is 0.329 e. The highest BCUT2D eigenvalue weighted by Gasteiger charge is 2.60. The van der Waals surface area contributed by atoms with Crippen molar-refractivity contribution < 1.29 is 19.4 Å². The Morgan fingerprint density at radius 3 is 2.41 bits per heavy atom. The predicted octanol–water partition coefficient (Wildman–Crippen LogP) is 6.18. The zero-order valence-electron chi connectivity index (χ0n) is 21.6. The highest BCUT2D eigenvalue weighted by molar-refractivity contribution is 7.09. The lowest BCUT2D eigenvalue weighted by atomic mass is 9.80. The molecule has 0 spiro atoms. The van der Waals surface area contributed by atoms with Crippen LogP contribution in [0.2, 0.25) is 0 Å². The van der Waals surface area contributed by atoms with Crippen LogP contribution < -0.4 is 4.74 Å². The molecule has 6 nitrogen and oxygen atoms in total. The second-order valence-corrected chi connectivity index (χ2v) is 12.1. The van der Waals surface area contributed by atoms with Gasteiger partial charge < -0.3 is 14.7 Å². The van der Waals surface area contributed by atoms with Gasteiger partial charge in [0.1, 0.15) is 16.3 Å². The fourth-order valence-corrected chi connectivity index (χ4v) is 6.17. The molecular weight excluding hydrogens is 448 g/mol. The van der Waals surface area contributed by atoms with Crippen LogP contribution in [0.3, 0.4) is 0 Å². The molecule has 0 unspecified atom stereocenters. The van der Waals surface area contributed by atoms with Crippen LogP contribution >= 0.6 is 11.3 Å². The van der Waals surface area contributed by atoms with Gasteiger partial charge in [0.15, 0.2) is 0 Å². The number of benzene rings is 1. The number of nitrogens with zero attached hydrogens (tertiary/aromatic N) is 2. The molecule has 2 heterocycles. The quantitative estimate of drug-likeness (QED) is 0.506. The van der Waals surface area contributed by atoms with E-state index in [0.717, 1.165) is 10.6 Å². The topological polar surface area (TPSA) is 79.7 Å². The van der Waals surface area contributed by atoms with E-state index >= 15 is 0 Å². The third kappa shape index (κ3) is 4.72. The average Bonchev–Trinajstić information content (AvgIpc) is 3.38. The summed E-state index contributed by atoms with van der Waals surface area (Å²) in [6, 6.07) is 5.09. The van der Waals surface area contributed by atoms with E-state index < -0.39 is 17.6 Å². The molecule has 0 radical (unpaired) electrons. The van der Waals surface area contributed by atoms with Gasteiger partial charge in [-0.1, -0.05) is 54.5 Å². The number of ether oxygens (including phenoxy) is 1. The standard InChI is InChI=1S/C27H38N2O4S/c1-16(2)14-27(25(31)32)15-19(17(3)4)22(23-28-11-12-34-23)29(27)24(30)18-9-10-20(26(5,6)7)21(13-18)33-8/h9-13,16-17,19,22H,14-15H2,1-8H3,(H,31,32)/t19-,22+,27-/m0/s1. The van der Waals surface area contributed by atoms with Crippen LogP contribution in [-0.2, 0) is 10.2 Å². The Bertz CT molecular complexity index is 1030. The van der Waals surface area contributed by atoms with Crippen LogP contribution in [-0.4, -0.2) is 39.5 Å². The Labute approximate surface area is 207 Å². The maximum atomic E-state index is 14.2. The van der Waals surface area contributed by atoms with Crippen LogP contribution in [0.15, 0.2) is 29.8 Å². The fourth-order valence-electron chi connectivity index (χ4n) is 5.37. The molecule has 1 aromatic carbocycles. The third-order valence-electron chi connectivity index (χ3n) is 6.90. The van der Waals surface area contributed by atoms with Crippen molar-refractivity contribution in [2.45, 2.75) is 78.3 Å². The summed E-state index contributed by atoms with van der Waals surface area (Å²) in [6.07, 6.45) is 2.52. The van der Waals surface area contributed by atoms with Crippen LogP contribution in [0.1, 0.15) is 88.3 Å². The Balaban J connectivity index is 2.22. The number of hydrogen-bond acceptors (Lipinski definition) is 5. The smallest absolute Gasteiger partial charge is 0.329 e. The molecule has 186 valence electrons. The number of likely N-dealkylation sites (tertiary alicyclic amines) is 1. The minimum Gasteiger partial charge on any atom is -0.496 e. The van der Waals surface area contributed by atoms with Crippen molar-refractivity contribution in [1.82, 2.24) is 9.88 Å². The van der Waals surface area contributed by atoms with E-state index in [0.29, 0.717) is 24.2 Å². The molecule has 0 saturated carbocycles. The second-order valence-electron chi connectivity index (χ2n) is 11.2. The van der Waals surface area contributed by atoms with Gasteiger partial charge in [-0.15, -0.1) is 11.3 Å². The van der Waals surface area contributed by atoms with Gasteiger partial charge in [0, 0.05) is 17.1 Å². The van der Waals surface area contributed by atoms with Crippen molar-refractivity contribution in [3.63, 3.8) is 0 Å². The number of rotatable bonds is 7. The molecule has 34 heavy (non-hydrogen) atoms. The summed E-state index contributed by atoms with van der Waals surface area (Å²) in [5.74, 6) is -0.320. The maximum absolute atomic E-state index is 14.2. The monoisotopic (exact) mass is 486 g/mol. The van der Waals surface area contributed by atoms with E-state index in [4.69, 9.17) is 4.74 Å². The molecule has 3 atom stereocenters. The number of carboxylic acids is 1. The van der Waals surface area contributed by atoms with Crippen molar-refractivity contribution in [3.8, 4) is 5.75 Å². The Morgan fingerprint density at radius 1 is 1.26 bits per heavy atom. The predicted molar refractivity (Wildman–Crippen MR) is 135 cm³/mol. The Morgan fingerprint density at radius 2 is 1.94 bits per heavy atom. The molecule has 7 heteroatoms. The molecule has 1 saturated heterocycles. The molecule has 1 amide bonds. The van der Waals surface area contributed by atoms with Crippen molar-refractivity contribution in [2.75, 3.05) is 7.11 Å². The van der Waals surface area contributed by atoms with E-state index in [9.17, 15) is 14.7 Å². The number of amides is 1. The van der Waals surface area contributed by atoms with Crippen molar-refractivity contribution in [3.05, 3.63) is 45.9 Å². The number of carbonyl (C=O) groups excluding carboxylic acids is 1. The van der Waals surface area contributed by atoms with Gasteiger partial charge in [0.2, 0.25) is 0 Å². The Hall–Kier alpha value is -2.41. The number of thiazole rings is 1. The molecule has 1 fully saturated rings. The lowest BCUT2D eigenvalue weighted by molar-refractivity contribution is -0.150. The van der Waals surface area contributed by atoms with Gasteiger partial charge in [-0.05, 0) is 53.7 Å². The molecule has 1 aliphatic rings. The summed E-state index contributed by atoms with van der Waals surface area (Å²) in [4.78, 5) is 33.4. The molecule has 2 aromatic rings. The zero-order valence-corrected chi connectivity index (χ0v) is 22.4. The van der Waals surface area contributed by atoms with E-state index in [1.807, 2.05) is 25.3 Å². The molecule has 1 aliphatic heterocycles. The molecule has 3 rings (SSSR count). The van der Waals surface area contributed by atoms with Gasteiger partial charge in [0.05, 0.1) is 13.2 Å². The third-order valence-corrected chi connectivity index (χ3v) is 7.74. The summed E-state index contributed by atoms with van der Waals surface area (Å²) < 4.78 is 5.65. The normalized spacial score (nSPS) is 23.1. The SMILES string of the molecule is COc1cc(C(=O)N2[C@@H](c3nccs3)[C@H](C(C)C)C[C@@]2(CC(C)C)C(=O)O)ccc1C(C)(C)C. The van der Waals surface area contributed by atoms with Crippen LogP contribution in [0.5, 0.6) is 5.75 Å². The largest absolute Gasteiger partial charge is 0.496 e. The number of carbonyl (C=O) groups is 2. The van der Waals surface area contributed by atoms with E-state index in [1.54, 1.807) is 30.3 Å². The molecule has 0 aliphatic carbocycles. The summed E-state index contributed by atoms with van der Waals surface area (Å²) >= 11 is 1.48. The first-order valence-corrected chi connectivity index (χ1v) is 12.9. The lowest BCUT2D eigenvalue weighted by Crippen LogP contribution is -2.54. The van der Waals surface area contributed by atoms with E-state index in [-0.39, 0.29) is 29.1 Å². The fraction of sp³-hybridized carbons (Fsp3) is 0.593. The van der Waals surface area contributed by atoms with Crippen LogP contribution in [0, 0.1) is 17.8 Å².